The minimum Gasteiger partial charge on any atom is -0.306 e. The van der Waals surface area contributed by atoms with Crippen LogP contribution in [0.5, 0.6) is 0 Å². The first kappa shape index (κ1) is 22.2. The van der Waals surface area contributed by atoms with E-state index in [2.05, 4.69) is 31.9 Å². The maximum Gasteiger partial charge on any atom is 0.416 e. The number of hydrogen-bond donors (Lipinski definition) is 2. The molecule has 0 spiro atoms. The van der Waals surface area contributed by atoms with Gasteiger partial charge in [-0.25, -0.2) is 4.79 Å². The number of halogens is 3. The van der Waals surface area contributed by atoms with E-state index in [0.717, 1.165) is 62.9 Å². The highest BCUT2D eigenvalue weighted by Crippen LogP contribution is 2.34. The number of hydrogen-bond acceptors (Lipinski definition) is 3. The van der Waals surface area contributed by atoms with E-state index in [9.17, 15) is 18.0 Å². The average molecular weight is 459 g/mol. The Morgan fingerprint density at radius 2 is 1.58 bits per heavy atom. The van der Waals surface area contributed by atoms with E-state index in [1.54, 1.807) is 12.1 Å². The van der Waals surface area contributed by atoms with Crippen molar-refractivity contribution in [2.75, 3.05) is 26.2 Å². The van der Waals surface area contributed by atoms with Crippen LogP contribution in [0.15, 0.2) is 47.3 Å². The van der Waals surface area contributed by atoms with Crippen molar-refractivity contribution in [3.8, 4) is 0 Å². The smallest absolute Gasteiger partial charge is 0.306 e. The number of fused-ring (bicyclic) bond motifs is 1. The van der Waals surface area contributed by atoms with E-state index < -0.39 is 11.7 Å². The molecule has 33 heavy (non-hydrogen) atoms. The molecule has 3 aromatic rings. The molecule has 2 fully saturated rings. The van der Waals surface area contributed by atoms with Crippen molar-refractivity contribution in [1.29, 1.82) is 0 Å². The van der Waals surface area contributed by atoms with Crippen molar-refractivity contribution in [1.82, 2.24) is 19.8 Å². The van der Waals surface area contributed by atoms with Crippen LogP contribution in [-0.2, 0) is 12.7 Å². The number of nitrogens with one attached hydrogen (secondary N) is 2. The van der Waals surface area contributed by atoms with Crippen LogP contribution >= 0.6 is 0 Å². The monoisotopic (exact) mass is 458 g/mol. The predicted octanol–water partition coefficient (Wildman–Crippen LogP) is 4.72. The quantitative estimate of drug-likeness (QED) is 0.595. The highest BCUT2D eigenvalue weighted by Gasteiger charge is 2.34. The number of nitrogens with zero attached hydrogens (tertiary/aromatic N) is 2. The van der Waals surface area contributed by atoms with Crippen LogP contribution in [0.3, 0.4) is 0 Å². The van der Waals surface area contributed by atoms with Crippen LogP contribution < -0.4 is 5.69 Å². The topological polar surface area (TPSA) is 55.1 Å². The molecule has 0 amide bonds. The molecule has 0 bridgehead atoms. The van der Waals surface area contributed by atoms with E-state index in [-0.39, 0.29) is 5.69 Å². The molecule has 0 atom stereocenters. The van der Waals surface area contributed by atoms with E-state index in [1.165, 1.54) is 17.7 Å². The van der Waals surface area contributed by atoms with Gasteiger partial charge in [0.2, 0.25) is 0 Å². The first-order valence-corrected chi connectivity index (χ1v) is 11.7. The molecule has 0 radical (unpaired) electrons. The van der Waals surface area contributed by atoms with Crippen LogP contribution in [0.1, 0.15) is 48.3 Å². The molecule has 2 aromatic carbocycles. The lowest BCUT2D eigenvalue weighted by molar-refractivity contribution is -0.138. The van der Waals surface area contributed by atoms with Crippen LogP contribution in [0.25, 0.3) is 11.0 Å². The van der Waals surface area contributed by atoms with Gasteiger partial charge in [-0.15, -0.1) is 0 Å². The second kappa shape index (κ2) is 8.99. The number of aromatic amines is 2. The van der Waals surface area contributed by atoms with Crippen molar-refractivity contribution < 1.29 is 13.2 Å². The third kappa shape index (κ3) is 4.87. The molecule has 8 heteroatoms. The van der Waals surface area contributed by atoms with E-state index in [0.29, 0.717) is 24.1 Å². The molecule has 2 aliphatic rings. The Labute approximate surface area is 190 Å². The van der Waals surface area contributed by atoms with Crippen LogP contribution in [-0.4, -0.2) is 52.0 Å². The lowest BCUT2D eigenvalue weighted by Gasteiger charge is -2.42. The van der Waals surface area contributed by atoms with Crippen LogP contribution in [0.2, 0.25) is 0 Å². The Morgan fingerprint density at radius 3 is 2.30 bits per heavy atom. The molecule has 1 aromatic heterocycles. The number of H-pyrrole nitrogens is 2. The van der Waals surface area contributed by atoms with Crippen molar-refractivity contribution in [2.24, 2.45) is 0 Å². The Balaban J connectivity index is 1.14. The Morgan fingerprint density at radius 1 is 0.879 bits per heavy atom. The summed E-state index contributed by atoms with van der Waals surface area (Å²) in [4.78, 5) is 21.9. The number of aromatic nitrogens is 2. The Kier molecular flexibility index (Phi) is 6.05. The molecular formula is C25H29F3N4O. The van der Waals surface area contributed by atoms with E-state index >= 15 is 0 Å². The fourth-order valence-electron chi connectivity index (χ4n) is 5.52. The van der Waals surface area contributed by atoms with Gasteiger partial charge in [0, 0.05) is 12.6 Å². The number of likely N-dealkylation sites (tertiary alicyclic amines) is 2. The fraction of sp³-hybridized carbons (Fsp3) is 0.480. The van der Waals surface area contributed by atoms with Gasteiger partial charge in [-0.05, 0) is 87.1 Å². The summed E-state index contributed by atoms with van der Waals surface area (Å²) in [6.07, 6.45) is -0.149. The molecular weight excluding hydrogens is 429 g/mol. The predicted molar refractivity (Wildman–Crippen MR) is 122 cm³/mol. The Hall–Kier alpha value is -2.58. The van der Waals surface area contributed by atoms with Gasteiger partial charge < -0.3 is 14.9 Å². The first-order chi connectivity index (χ1) is 15.9. The largest absolute Gasteiger partial charge is 0.416 e. The zero-order valence-electron chi connectivity index (χ0n) is 18.5. The van der Waals surface area contributed by atoms with Gasteiger partial charge in [0.15, 0.2) is 0 Å². The summed E-state index contributed by atoms with van der Waals surface area (Å²) in [5, 5.41) is 0. The highest BCUT2D eigenvalue weighted by molar-refractivity contribution is 5.75. The molecule has 5 rings (SSSR count). The van der Waals surface area contributed by atoms with Gasteiger partial charge in [0.05, 0.1) is 16.6 Å². The summed E-state index contributed by atoms with van der Waals surface area (Å²) in [6, 6.07) is 12.6. The standard InChI is InChI=1S/C25H29F3N4O/c26-25(27,28)21-4-2-1-3-19(21)16-31-11-9-20(10-12-31)32-13-7-17(8-14-32)18-5-6-22-23(15-18)30-24(33)29-22/h1-6,15,17,20H,7-14,16H2,(H2,29,30,33). The number of benzene rings is 2. The number of alkyl halides is 3. The van der Waals surface area contributed by atoms with Crippen LogP contribution in [0, 0.1) is 0 Å². The lowest BCUT2D eigenvalue weighted by atomic mass is 9.88. The van der Waals surface area contributed by atoms with Crippen molar-refractivity contribution >= 4 is 11.0 Å². The summed E-state index contributed by atoms with van der Waals surface area (Å²) < 4.78 is 39.9. The molecule has 2 saturated heterocycles. The van der Waals surface area contributed by atoms with Gasteiger partial charge >= 0.3 is 11.9 Å². The SMILES string of the molecule is O=c1[nH]c2ccc(C3CCN(C4CCN(Cc5ccccc5C(F)(F)F)CC4)CC3)cc2[nH]1. The van der Waals surface area contributed by atoms with Crippen molar-refractivity contribution in [3.63, 3.8) is 0 Å². The van der Waals surface area contributed by atoms with E-state index in [4.69, 9.17) is 0 Å². The molecule has 0 aliphatic carbocycles. The fourth-order valence-corrected chi connectivity index (χ4v) is 5.52. The van der Waals surface area contributed by atoms with Crippen molar-refractivity contribution in [3.05, 3.63) is 69.6 Å². The summed E-state index contributed by atoms with van der Waals surface area (Å²) in [6.45, 7) is 4.08. The van der Waals surface area contributed by atoms with Gasteiger partial charge in [0.1, 0.15) is 0 Å². The summed E-state index contributed by atoms with van der Waals surface area (Å²) in [7, 11) is 0. The van der Waals surface area contributed by atoms with Gasteiger partial charge in [-0.1, -0.05) is 24.3 Å². The van der Waals surface area contributed by atoms with Crippen molar-refractivity contribution in [2.45, 2.75) is 50.4 Å². The van der Waals surface area contributed by atoms with E-state index in [1.807, 2.05) is 6.07 Å². The molecule has 2 aliphatic heterocycles. The van der Waals surface area contributed by atoms with Crippen LogP contribution in [0.4, 0.5) is 13.2 Å². The number of rotatable bonds is 4. The minimum absolute atomic E-state index is 0.176. The molecule has 5 nitrogen and oxygen atoms in total. The normalized spacial score (nSPS) is 20.0. The third-order valence-electron chi connectivity index (χ3n) is 7.33. The summed E-state index contributed by atoms with van der Waals surface area (Å²) >= 11 is 0. The molecule has 2 N–H and O–H groups in total. The Bertz CT molecular complexity index is 1150. The average Bonchev–Trinajstić information content (AvgIpc) is 3.19. The summed E-state index contributed by atoms with van der Waals surface area (Å²) in [5.41, 5.74) is 2.65. The second-order valence-electron chi connectivity index (χ2n) is 9.36. The lowest BCUT2D eigenvalue weighted by Crippen LogP contribution is -2.47. The van der Waals surface area contributed by atoms with Gasteiger partial charge in [-0.3, -0.25) is 4.90 Å². The first-order valence-electron chi connectivity index (χ1n) is 11.7. The molecule has 0 saturated carbocycles. The summed E-state index contributed by atoms with van der Waals surface area (Å²) in [5.74, 6) is 0.489. The maximum atomic E-state index is 13.3. The third-order valence-corrected chi connectivity index (χ3v) is 7.33. The molecule has 3 heterocycles. The van der Waals surface area contributed by atoms with Gasteiger partial charge in [-0.2, -0.15) is 13.2 Å². The molecule has 176 valence electrons. The zero-order chi connectivity index (χ0) is 23.0. The molecule has 0 unspecified atom stereocenters. The zero-order valence-corrected chi connectivity index (χ0v) is 18.5. The number of piperidine rings is 2. The number of imidazole rings is 1. The highest BCUT2D eigenvalue weighted by atomic mass is 19.4. The second-order valence-corrected chi connectivity index (χ2v) is 9.36. The van der Waals surface area contributed by atoms with Gasteiger partial charge in [0.25, 0.3) is 0 Å². The maximum absolute atomic E-state index is 13.3. The minimum atomic E-state index is -4.31.